The lowest BCUT2D eigenvalue weighted by Gasteiger charge is -2.10. The van der Waals surface area contributed by atoms with Gasteiger partial charge in [0.25, 0.3) is 5.91 Å². The lowest BCUT2D eigenvalue weighted by Crippen LogP contribution is -2.30. The summed E-state index contributed by atoms with van der Waals surface area (Å²) in [6.45, 7) is 7.74. The van der Waals surface area contributed by atoms with Crippen LogP contribution in [0.1, 0.15) is 31.1 Å². The lowest BCUT2D eigenvalue weighted by atomic mass is 10.2. The van der Waals surface area contributed by atoms with Crippen molar-refractivity contribution in [3.63, 3.8) is 0 Å². The Labute approximate surface area is 160 Å². The highest BCUT2D eigenvalue weighted by molar-refractivity contribution is 6.04. The van der Waals surface area contributed by atoms with Crippen molar-refractivity contribution in [3.05, 3.63) is 54.1 Å². The third-order valence-electron chi connectivity index (χ3n) is 3.69. The van der Waals surface area contributed by atoms with Crippen LogP contribution in [-0.2, 0) is 4.79 Å². The first-order chi connectivity index (χ1) is 13.0. The maximum absolute atomic E-state index is 12.3. The van der Waals surface area contributed by atoms with Gasteiger partial charge < -0.3 is 20.7 Å². The fourth-order valence-electron chi connectivity index (χ4n) is 2.39. The molecule has 0 saturated carbocycles. The van der Waals surface area contributed by atoms with Crippen LogP contribution in [0.25, 0.3) is 0 Å². The van der Waals surface area contributed by atoms with Crippen LogP contribution >= 0.6 is 0 Å². The Morgan fingerprint density at radius 2 is 1.52 bits per heavy atom. The van der Waals surface area contributed by atoms with Crippen molar-refractivity contribution in [2.24, 2.45) is 5.92 Å². The molecule has 0 unspecified atom stereocenters. The van der Waals surface area contributed by atoms with Gasteiger partial charge in [0.2, 0.25) is 5.91 Å². The normalized spacial score (nSPS) is 10.5. The molecule has 0 aliphatic rings. The Kier molecular flexibility index (Phi) is 7.82. The number of hydrogen-bond acceptors (Lipinski definition) is 4. The van der Waals surface area contributed by atoms with E-state index in [0.717, 1.165) is 12.3 Å². The van der Waals surface area contributed by atoms with Crippen molar-refractivity contribution in [1.29, 1.82) is 0 Å². The average Bonchev–Trinajstić information content (AvgIpc) is 2.64. The van der Waals surface area contributed by atoms with Gasteiger partial charge in [-0.1, -0.05) is 13.8 Å². The van der Waals surface area contributed by atoms with Gasteiger partial charge in [0.1, 0.15) is 5.75 Å². The molecule has 144 valence electrons. The number of nitrogens with one attached hydrogen (secondary N) is 3. The first-order valence-corrected chi connectivity index (χ1v) is 9.12. The Bertz CT molecular complexity index is 740. The standard InChI is InChI=1S/C21H27N3O3/c1-4-27-19-11-9-18(10-12-19)24-21(26)16-5-7-17(8-6-16)23-20(25)14-22-13-15(2)3/h5-12,15,22H,4,13-14H2,1-3H3,(H,23,25)(H,24,26). The molecule has 3 N–H and O–H groups in total. The molecule has 0 aliphatic heterocycles. The fourth-order valence-corrected chi connectivity index (χ4v) is 2.39. The van der Waals surface area contributed by atoms with Gasteiger partial charge >= 0.3 is 0 Å². The second-order valence-electron chi connectivity index (χ2n) is 6.56. The first-order valence-electron chi connectivity index (χ1n) is 9.12. The molecule has 27 heavy (non-hydrogen) atoms. The van der Waals surface area contributed by atoms with Gasteiger partial charge in [-0.15, -0.1) is 0 Å². The van der Waals surface area contributed by atoms with E-state index in [9.17, 15) is 9.59 Å². The van der Waals surface area contributed by atoms with E-state index in [2.05, 4.69) is 29.8 Å². The zero-order valence-corrected chi connectivity index (χ0v) is 16.0. The first kappa shape index (κ1) is 20.5. The van der Waals surface area contributed by atoms with E-state index in [-0.39, 0.29) is 18.4 Å². The van der Waals surface area contributed by atoms with E-state index in [4.69, 9.17) is 4.74 Å². The number of carbonyl (C=O) groups excluding carboxylic acids is 2. The molecule has 0 saturated heterocycles. The number of carbonyl (C=O) groups is 2. The summed E-state index contributed by atoms with van der Waals surface area (Å²) in [5, 5.41) is 8.73. The smallest absolute Gasteiger partial charge is 0.255 e. The molecule has 2 aromatic carbocycles. The summed E-state index contributed by atoms with van der Waals surface area (Å²) in [4.78, 5) is 24.2. The Balaban J connectivity index is 1.86. The van der Waals surface area contributed by atoms with Gasteiger partial charge in [0.15, 0.2) is 0 Å². The van der Waals surface area contributed by atoms with Crippen LogP contribution in [-0.4, -0.2) is 31.5 Å². The van der Waals surface area contributed by atoms with Crippen molar-refractivity contribution in [3.8, 4) is 5.75 Å². The average molecular weight is 369 g/mol. The van der Waals surface area contributed by atoms with Crippen molar-refractivity contribution < 1.29 is 14.3 Å². The summed E-state index contributed by atoms with van der Waals surface area (Å²) < 4.78 is 5.38. The number of hydrogen-bond donors (Lipinski definition) is 3. The molecule has 2 rings (SSSR count). The SMILES string of the molecule is CCOc1ccc(NC(=O)c2ccc(NC(=O)CNCC(C)C)cc2)cc1. The number of rotatable bonds is 9. The van der Waals surface area contributed by atoms with Gasteiger partial charge in [-0.3, -0.25) is 9.59 Å². The zero-order valence-electron chi connectivity index (χ0n) is 16.0. The van der Waals surface area contributed by atoms with E-state index in [1.54, 1.807) is 36.4 Å². The predicted octanol–water partition coefficient (Wildman–Crippen LogP) is 3.52. The van der Waals surface area contributed by atoms with Crippen LogP contribution in [0.3, 0.4) is 0 Å². The quantitative estimate of drug-likeness (QED) is 0.632. The summed E-state index contributed by atoms with van der Waals surface area (Å²) in [7, 11) is 0. The summed E-state index contributed by atoms with van der Waals surface area (Å²) in [6, 6.07) is 14.0. The Hall–Kier alpha value is -2.86. The summed E-state index contributed by atoms with van der Waals surface area (Å²) in [5.74, 6) is 0.933. The minimum Gasteiger partial charge on any atom is -0.494 e. The molecular formula is C21H27N3O3. The molecule has 2 aromatic rings. The zero-order chi connectivity index (χ0) is 19.6. The van der Waals surface area contributed by atoms with Crippen LogP contribution in [0.15, 0.2) is 48.5 Å². The minimum atomic E-state index is -0.212. The van der Waals surface area contributed by atoms with Gasteiger partial charge in [-0.05, 0) is 67.9 Å². The maximum atomic E-state index is 12.3. The molecule has 0 bridgehead atoms. The van der Waals surface area contributed by atoms with Crippen LogP contribution in [0.4, 0.5) is 11.4 Å². The molecule has 0 fully saturated rings. The van der Waals surface area contributed by atoms with Crippen LogP contribution < -0.4 is 20.7 Å². The predicted molar refractivity (Wildman–Crippen MR) is 108 cm³/mol. The van der Waals surface area contributed by atoms with Crippen LogP contribution in [0.5, 0.6) is 5.75 Å². The second-order valence-corrected chi connectivity index (χ2v) is 6.56. The minimum absolute atomic E-state index is 0.109. The third-order valence-corrected chi connectivity index (χ3v) is 3.69. The van der Waals surface area contributed by atoms with Crippen molar-refractivity contribution >= 4 is 23.2 Å². The van der Waals surface area contributed by atoms with Crippen molar-refractivity contribution in [2.75, 3.05) is 30.3 Å². The van der Waals surface area contributed by atoms with E-state index < -0.39 is 0 Å². The Morgan fingerprint density at radius 3 is 2.11 bits per heavy atom. The van der Waals surface area contributed by atoms with E-state index >= 15 is 0 Å². The monoisotopic (exact) mass is 369 g/mol. The van der Waals surface area contributed by atoms with Gasteiger partial charge in [0, 0.05) is 16.9 Å². The van der Waals surface area contributed by atoms with Crippen LogP contribution in [0, 0.1) is 5.92 Å². The molecule has 2 amide bonds. The molecular weight excluding hydrogens is 342 g/mol. The van der Waals surface area contributed by atoms with Gasteiger partial charge in [-0.2, -0.15) is 0 Å². The molecule has 0 atom stereocenters. The lowest BCUT2D eigenvalue weighted by molar-refractivity contribution is -0.115. The number of anilines is 2. The third kappa shape index (κ3) is 7.11. The topological polar surface area (TPSA) is 79.5 Å². The summed E-state index contributed by atoms with van der Waals surface area (Å²) in [5.41, 5.74) is 1.86. The molecule has 0 aliphatic carbocycles. The number of amides is 2. The molecule has 6 nitrogen and oxygen atoms in total. The highest BCUT2D eigenvalue weighted by Gasteiger charge is 2.08. The summed E-state index contributed by atoms with van der Waals surface area (Å²) >= 11 is 0. The molecule has 0 heterocycles. The largest absolute Gasteiger partial charge is 0.494 e. The van der Waals surface area contributed by atoms with E-state index in [0.29, 0.717) is 29.5 Å². The fraction of sp³-hybridized carbons (Fsp3) is 0.333. The highest BCUT2D eigenvalue weighted by atomic mass is 16.5. The van der Waals surface area contributed by atoms with E-state index in [1.165, 1.54) is 0 Å². The number of ether oxygens (including phenoxy) is 1. The van der Waals surface area contributed by atoms with Crippen molar-refractivity contribution in [1.82, 2.24) is 5.32 Å². The van der Waals surface area contributed by atoms with Gasteiger partial charge in [-0.25, -0.2) is 0 Å². The van der Waals surface area contributed by atoms with Crippen LogP contribution in [0.2, 0.25) is 0 Å². The maximum Gasteiger partial charge on any atom is 0.255 e. The molecule has 0 spiro atoms. The van der Waals surface area contributed by atoms with Crippen molar-refractivity contribution in [2.45, 2.75) is 20.8 Å². The number of benzene rings is 2. The molecule has 0 radical (unpaired) electrons. The Morgan fingerprint density at radius 1 is 0.926 bits per heavy atom. The van der Waals surface area contributed by atoms with Gasteiger partial charge in [0.05, 0.1) is 13.2 Å². The summed E-state index contributed by atoms with van der Waals surface area (Å²) in [6.07, 6.45) is 0. The second kappa shape index (κ2) is 10.3. The highest BCUT2D eigenvalue weighted by Crippen LogP contribution is 2.17. The molecule has 0 aromatic heterocycles. The van der Waals surface area contributed by atoms with E-state index in [1.807, 2.05) is 19.1 Å². The molecule has 6 heteroatoms.